The van der Waals surface area contributed by atoms with Crippen molar-refractivity contribution in [3.63, 3.8) is 0 Å². The summed E-state index contributed by atoms with van der Waals surface area (Å²) in [5.74, 6) is -0.875. The van der Waals surface area contributed by atoms with Crippen LogP contribution in [0, 0.1) is 6.92 Å². The van der Waals surface area contributed by atoms with Crippen LogP contribution in [0.15, 0.2) is 42.5 Å². The number of hydrogen-bond donors (Lipinski definition) is 1. The zero-order chi connectivity index (χ0) is 13.1. The van der Waals surface area contributed by atoms with Crippen LogP contribution >= 0.6 is 11.6 Å². The molecule has 0 fully saturated rings. The van der Waals surface area contributed by atoms with Gasteiger partial charge in [0.05, 0.1) is 6.42 Å². The predicted octanol–water partition coefficient (Wildman–Crippen LogP) is 3.94. The lowest BCUT2D eigenvalue weighted by atomic mass is 10.0. The van der Waals surface area contributed by atoms with E-state index < -0.39 is 5.97 Å². The van der Waals surface area contributed by atoms with Crippen LogP contribution in [0.25, 0.3) is 11.1 Å². The molecular weight excluding hydrogens is 248 g/mol. The molecule has 92 valence electrons. The lowest BCUT2D eigenvalue weighted by Gasteiger charge is -2.06. The Bertz CT molecular complexity index is 574. The second-order valence-corrected chi connectivity index (χ2v) is 4.65. The average molecular weight is 261 g/mol. The summed E-state index contributed by atoms with van der Waals surface area (Å²) in [6.45, 7) is 2.03. The molecule has 3 heteroatoms. The minimum absolute atomic E-state index is 0.0486. The van der Waals surface area contributed by atoms with Gasteiger partial charge in [-0.25, -0.2) is 0 Å². The Morgan fingerprint density at radius 1 is 1.11 bits per heavy atom. The maximum atomic E-state index is 10.7. The van der Waals surface area contributed by atoms with Crippen LogP contribution in [-0.2, 0) is 11.2 Å². The molecule has 2 aromatic rings. The lowest BCUT2D eigenvalue weighted by Crippen LogP contribution is -2.00. The highest BCUT2D eigenvalue weighted by molar-refractivity contribution is 6.31. The number of carboxylic acid groups (broad SMARTS) is 1. The summed E-state index contributed by atoms with van der Waals surface area (Å²) in [6, 6.07) is 13.6. The standard InChI is InChI=1S/C15H13ClO2/c1-10-2-4-11(5-3-10)12-6-7-13(9-15(17)18)14(16)8-12/h2-8H,9H2,1H3,(H,17,18). The minimum Gasteiger partial charge on any atom is -0.481 e. The van der Waals surface area contributed by atoms with Gasteiger partial charge in [-0.15, -0.1) is 0 Å². The van der Waals surface area contributed by atoms with Gasteiger partial charge in [0.15, 0.2) is 0 Å². The molecule has 0 saturated heterocycles. The molecule has 0 aliphatic carbocycles. The first-order valence-electron chi connectivity index (χ1n) is 5.63. The molecule has 18 heavy (non-hydrogen) atoms. The first-order chi connectivity index (χ1) is 8.56. The Labute approximate surface area is 111 Å². The SMILES string of the molecule is Cc1ccc(-c2ccc(CC(=O)O)c(Cl)c2)cc1. The van der Waals surface area contributed by atoms with Crippen LogP contribution in [0.3, 0.4) is 0 Å². The van der Waals surface area contributed by atoms with Crippen LogP contribution < -0.4 is 0 Å². The number of carbonyl (C=O) groups is 1. The van der Waals surface area contributed by atoms with Crippen molar-refractivity contribution >= 4 is 17.6 Å². The fourth-order valence-corrected chi connectivity index (χ4v) is 2.03. The molecule has 0 amide bonds. The third kappa shape index (κ3) is 2.90. The van der Waals surface area contributed by atoms with Crippen molar-refractivity contribution in [3.8, 4) is 11.1 Å². The van der Waals surface area contributed by atoms with Crippen molar-refractivity contribution < 1.29 is 9.90 Å². The zero-order valence-electron chi connectivity index (χ0n) is 9.98. The molecule has 0 aliphatic rings. The van der Waals surface area contributed by atoms with Gasteiger partial charge in [-0.05, 0) is 29.7 Å². The Hall–Kier alpha value is -1.80. The summed E-state index contributed by atoms with van der Waals surface area (Å²) in [4.78, 5) is 10.7. The molecule has 0 aliphatic heterocycles. The van der Waals surface area contributed by atoms with Crippen molar-refractivity contribution in [3.05, 3.63) is 58.6 Å². The van der Waals surface area contributed by atoms with E-state index in [1.54, 1.807) is 6.07 Å². The van der Waals surface area contributed by atoms with Crippen molar-refractivity contribution in [1.82, 2.24) is 0 Å². The van der Waals surface area contributed by atoms with E-state index in [0.717, 1.165) is 11.1 Å². The van der Waals surface area contributed by atoms with Gasteiger partial charge in [-0.1, -0.05) is 53.6 Å². The topological polar surface area (TPSA) is 37.3 Å². The van der Waals surface area contributed by atoms with Crippen molar-refractivity contribution in [2.75, 3.05) is 0 Å². The largest absolute Gasteiger partial charge is 0.481 e. The van der Waals surface area contributed by atoms with Crippen molar-refractivity contribution in [2.24, 2.45) is 0 Å². The molecule has 0 bridgehead atoms. The Kier molecular flexibility index (Phi) is 3.68. The molecule has 0 spiro atoms. The normalized spacial score (nSPS) is 10.3. The maximum Gasteiger partial charge on any atom is 0.307 e. The molecule has 0 heterocycles. The molecule has 1 N–H and O–H groups in total. The van der Waals surface area contributed by atoms with Gasteiger partial charge in [0.25, 0.3) is 0 Å². The molecule has 2 nitrogen and oxygen atoms in total. The lowest BCUT2D eigenvalue weighted by molar-refractivity contribution is -0.136. The number of aryl methyl sites for hydroxylation is 1. The van der Waals surface area contributed by atoms with Gasteiger partial charge in [0.1, 0.15) is 0 Å². The Balaban J connectivity index is 2.33. The van der Waals surface area contributed by atoms with Gasteiger partial charge in [-0.2, -0.15) is 0 Å². The first-order valence-corrected chi connectivity index (χ1v) is 6.01. The number of aliphatic carboxylic acids is 1. The smallest absolute Gasteiger partial charge is 0.307 e. The number of rotatable bonds is 3. The summed E-state index contributed by atoms with van der Waals surface area (Å²) in [6.07, 6.45) is -0.0486. The number of hydrogen-bond acceptors (Lipinski definition) is 1. The summed E-state index contributed by atoms with van der Waals surface area (Å²) in [5, 5.41) is 9.25. The van der Waals surface area contributed by atoms with E-state index in [-0.39, 0.29) is 6.42 Å². The second kappa shape index (κ2) is 5.23. The monoisotopic (exact) mass is 260 g/mol. The average Bonchev–Trinajstić information content (AvgIpc) is 2.32. The van der Waals surface area contributed by atoms with Crippen LogP contribution in [-0.4, -0.2) is 11.1 Å². The highest BCUT2D eigenvalue weighted by Gasteiger charge is 2.07. The molecule has 0 unspecified atom stereocenters. The fourth-order valence-electron chi connectivity index (χ4n) is 1.78. The first kappa shape index (κ1) is 12.7. The third-order valence-corrected chi connectivity index (χ3v) is 3.13. The molecule has 0 aromatic heterocycles. The molecular formula is C15H13ClO2. The number of benzene rings is 2. The zero-order valence-corrected chi connectivity index (χ0v) is 10.7. The molecule has 0 radical (unpaired) electrons. The molecule has 2 aromatic carbocycles. The highest BCUT2D eigenvalue weighted by atomic mass is 35.5. The van der Waals surface area contributed by atoms with E-state index in [4.69, 9.17) is 16.7 Å². The summed E-state index contributed by atoms with van der Waals surface area (Å²) in [7, 11) is 0. The maximum absolute atomic E-state index is 10.7. The van der Waals surface area contributed by atoms with E-state index in [1.807, 2.05) is 43.3 Å². The summed E-state index contributed by atoms with van der Waals surface area (Å²) >= 11 is 6.09. The van der Waals surface area contributed by atoms with E-state index in [9.17, 15) is 4.79 Å². The van der Waals surface area contributed by atoms with Gasteiger partial charge < -0.3 is 5.11 Å². The predicted molar refractivity (Wildman–Crippen MR) is 73.0 cm³/mol. The van der Waals surface area contributed by atoms with Crippen molar-refractivity contribution in [2.45, 2.75) is 13.3 Å². The molecule has 0 atom stereocenters. The van der Waals surface area contributed by atoms with Crippen molar-refractivity contribution in [1.29, 1.82) is 0 Å². The molecule has 2 rings (SSSR count). The fraction of sp³-hybridized carbons (Fsp3) is 0.133. The Morgan fingerprint density at radius 2 is 1.72 bits per heavy atom. The number of carboxylic acids is 1. The molecule has 0 saturated carbocycles. The number of halogens is 1. The van der Waals surface area contributed by atoms with E-state index >= 15 is 0 Å². The second-order valence-electron chi connectivity index (χ2n) is 4.24. The quantitative estimate of drug-likeness (QED) is 0.908. The summed E-state index contributed by atoms with van der Waals surface area (Å²) in [5.41, 5.74) is 3.91. The van der Waals surface area contributed by atoms with E-state index in [2.05, 4.69) is 0 Å². The van der Waals surface area contributed by atoms with Gasteiger partial charge in [-0.3, -0.25) is 4.79 Å². The van der Waals surface area contributed by atoms with Crippen LogP contribution in [0.5, 0.6) is 0 Å². The van der Waals surface area contributed by atoms with Crippen LogP contribution in [0.4, 0.5) is 0 Å². The van der Waals surface area contributed by atoms with Gasteiger partial charge >= 0.3 is 5.97 Å². The van der Waals surface area contributed by atoms with Crippen LogP contribution in [0.2, 0.25) is 5.02 Å². The van der Waals surface area contributed by atoms with E-state index in [0.29, 0.717) is 10.6 Å². The van der Waals surface area contributed by atoms with E-state index in [1.165, 1.54) is 5.56 Å². The highest BCUT2D eigenvalue weighted by Crippen LogP contribution is 2.26. The summed E-state index contributed by atoms with van der Waals surface area (Å²) < 4.78 is 0. The van der Waals surface area contributed by atoms with Crippen LogP contribution in [0.1, 0.15) is 11.1 Å². The Morgan fingerprint density at radius 3 is 2.28 bits per heavy atom. The minimum atomic E-state index is -0.875. The van der Waals surface area contributed by atoms with Gasteiger partial charge in [0.2, 0.25) is 0 Å². The van der Waals surface area contributed by atoms with Gasteiger partial charge in [0, 0.05) is 5.02 Å². The third-order valence-electron chi connectivity index (χ3n) is 2.78.